The third-order valence-corrected chi connectivity index (χ3v) is 1.57. The van der Waals surface area contributed by atoms with Gasteiger partial charge >= 0.3 is 13.0 Å². The molecule has 0 aliphatic rings. The number of carbonyl (C=O) groups excluding carboxylic acids is 1. The maximum absolute atomic E-state index is 12.0. The highest BCUT2D eigenvalue weighted by Crippen LogP contribution is 2.22. The SMILES string of the molecule is O=C(c1ccccc1OC(F)F)C(F)F. The average molecular weight is 222 g/mol. The molecular weight excluding hydrogens is 216 g/mol. The van der Waals surface area contributed by atoms with Crippen LogP contribution in [-0.4, -0.2) is 18.8 Å². The van der Waals surface area contributed by atoms with Gasteiger partial charge in [-0.05, 0) is 12.1 Å². The number of alkyl halides is 4. The number of benzene rings is 1. The van der Waals surface area contributed by atoms with E-state index in [0.29, 0.717) is 0 Å². The average Bonchev–Trinajstić information content (AvgIpc) is 2.16. The van der Waals surface area contributed by atoms with Gasteiger partial charge in [0.2, 0.25) is 5.78 Å². The van der Waals surface area contributed by atoms with E-state index in [1.165, 1.54) is 12.1 Å². The third kappa shape index (κ3) is 2.93. The Kier molecular flexibility index (Phi) is 3.65. The lowest BCUT2D eigenvalue weighted by atomic mass is 10.1. The van der Waals surface area contributed by atoms with E-state index in [4.69, 9.17) is 0 Å². The fraction of sp³-hybridized carbons (Fsp3) is 0.222. The number of hydrogen-bond acceptors (Lipinski definition) is 2. The van der Waals surface area contributed by atoms with Crippen molar-refractivity contribution in [2.24, 2.45) is 0 Å². The highest BCUT2D eigenvalue weighted by atomic mass is 19.3. The van der Waals surface area contributed by atoms with Crippen LogP contribution >= 0.6 is 0 Å². The quantitative estimate of drug-likeness (QED) is 0.578. The molecule has 0 fully saturated rings. The Bertz CT molecular complexity index is 352. The number of para-hydroxylation sites is 1. The smallest absolute Gasteiger partial charge is 0.387 e. The van der Waals surface area contributed by atoms with E-state index < -0.39 is 30.1 Å². The molecule has 0 heterocycles. The van der Waals surface area contributed by atoms with Gasteiger partial charge in [-0.2, -0.15) is 8.78 Å². The van der Waals surface area contributed by atoms with Crippen LogP contribution in [-0.2, 0) is 0 Å². The summed E-state index contributed by atoms with van der Waals surface area (Å²) in [7, 11) is 0. The van der Waals surface area contributed by atoms with Crippen molar-refractivity contribution in [3.63, 3.8) is 0 Å². The highest BCUT2D eigenvalue weighted by molar-refractivity contribution is 6.00. The summed E-state index contributed by atoms with van der Waals surface area (Å²) in [6, 6.07) is 4.63. The van der Waals surface area contributed by atoms with Crippen molar-refractivity contribution in [1.82, 2.24) is 0 Å². The monoisotopic (exact) mass is 222 g/mol. The molecule has 0 unspecified atom stereocenters. The minimum Gasteiger partial charge on any atom is -0.434 e. The summed E-state index contributed by atoms with van der Waals surface area (Å²) in [6.07, 6.45) is -3.24. The largest absolute Gasteiger partial charge is 0.434 e. The summed E-state index contributed by atoms with van der Waals surface area (Å²) in [6.45, 7) is -3.16. The van der Waals surface area contributed by atoms with Crippen molar-refractivity contribution in [3.8, 4) is 5.75 Å². The molecule has 82 valence electrons. The summed E-state index contributed by atoms with van der Waals surface area (Å²) < 4.78 is 51.7. The molecule has 1 rings (SSSR count). The number of ketones is 1. The van der Waals surface area contributed by atoms with Gasteiger partial charge in [0.25, 0.3) is 0 Å². The highest BCUT2D eigenvalue weighted by Gasteiger charge is 2.22. The zero-order valence-electron chi connectivity index (χ0n) is 7.29. The Labute approximate surface area is 82.5 Å². The molecule has 0 spiro atoms. The topological polar surface area (TPSA) is 26.3 Å². The summed E-state index contributed by atoms with van der Waals surface area (Å²) in [5.74, 6) is -2.08. The van der Waals surface area contributed by atoms with Crippen molar-refractivity contribution in [3.05, 3.63) is 29.8 Å². The first-order valence-electron chi connectivity index (χ1n) is 3.88. The summed E-state index contributed by atoms with van der Waals surface area (Å²) in [5, 5.41) is 0. The van der Waals surface area contributed by atoms with Gasteiger partial charge in [-0.1, -0.05) is 12.1 Å². The van der Waals surface area contributed by atoms with Crippen LogP contribution in [0.15, 0.2) is 24.3 Å². The molecule has 0 N–H and O–H groups in total. The second-order valence-electron chi connectivity index (χ2n) is 2.54. The minimum absolute atomic E-state index is 0.544. The third-order valence-electron chi connectivity index (χ3n) is 1.57. The Balaban J connectivity index is 3.01. The summed E-state index contributed by atoms with van der Waals surface area (Å²) in [5.41, 5.74) is -0.548. The van der Waals surface area contributed by atoms with Crippen LogP contribution in [0.4, 0.5) is 17.6 Å². The van der Waals surface area contributed by atoms with Gasteiger partial charge in [-0.3, -0.25) is 4.79 Å². The second-order valence-corrected chi connectivity index (χ2v) is 2.54. The second kappa shape index (κ2) is 4.77. The zero-order chi connectivity index (χ0) is 11.4. The molecule has 15 heavy (non-hydrogen) atoms. The molecule has 0 bridgehead atoms. The van der Waals surface area contributed by atoms with Gasteiger partial charge < -0.3 is 4.74 Å². The lowest BCUT2D eigenvalue weighted by molar-refractivity contribution is -0.0503. The number of carbonyl (C=O) groups is 1. The predicted octanol–water partition coefficient (Wildman–Crippen LogP) is 2.74. The lowest BCUT2D eigenvalue weighted by Gasteiger charge is -2.08. The van der Waals surface area contributed by atoms with Crippen molar-refractivity contribution < 1.29 is 27.1 Å². The number of rotatable bonds is 4. The summed E-state index contributed by atoms with van der Waals surface area (Å²) >= 11 is 0. The van der Waals surface area contributed by atoms with Crippen LogP contribution in [0.25, 0.3) is 0 Å². The zero-order valence-corrected chi connectivity index (χ0v) is 7.29. The fourth-order valence-corrected chi connectivity index (χ4v) is 0.986. The van der Waals surface area contributed by atoms with Gasteiger partial charge in [0.05, 0.1) is 5.56 Å². The molecule has 1 aromatic carbocycles. The van der Waals surface area contributed by atoms with Gasteiger partial charge in [0.1, 0.15) is 5.75 Å². The van der Waals surface area contributed by atoms with Gasteiger partial charge in [0, 0.05) is 0 Å². The predicted molar refractivity (Wildman–Crippen MR) is 43.4 cm³/mol. The van der Waals surface area contributed by atoms with E-state index in [0.717, 1.165) is 12.1 Å². The van der Waals surface area contributed by atoms with Crippen LogP contribution in [0.1, 0.15) is 10.4 Å². The molecule has 0 aliphatic carbocycles. The molecular formula is C9H6F4O2. The van der Waals surface area contributed by atoms with E-state index in [-0.39, 0.29) is 0 Å². The first kappa shape index (κ1) is 11.5. The molecule has 0 saturated carbocycles. The van der Waals surface area contributed by atoms with Gasteiger partial charge in [0.15, 0.2) is 0 Å². The first-order chi connectivity index (χ1) is 7.02. The van der Waals surface area contributed by atoms with E-state index in [2.05, 4.69) is 4.74 Å². The van der Waals surface area contributed by atoms with E-state index in [1.807, 2.05) is 0 Å². The van der Waals surface area contributed by atoms with Gasteiger partial charge in [-0.25, -0.2) is 8.78 Å². The Hall–Kier alpha value is -1.59. The van der Waals surface area contributed by atoms with Crippen molar-refractivity contribution >= 4 is 5.78 Å². The van der Waals surface area contributed by atoms with Gasteiger partial charge in [-0.15, -0.1) is 0 Å². The molecule has 1 aromatic rings. The molecule has 0 saturated heterocycles. The standard InChI is InChI=1S/C9H6F4O2/c10-8(11)7(14)5-3-1-2-4-6(5)15-9(12)13/h1-4,8-9H. The fourth-order valence-electron chi connectivity index (χ4n) is 0.986. The number of Topliss-reactive ketones (excluding diaryl/α,β-unsaturated/α-hetero) is 1. The maximum atomic E-state index is 12.0. The number of halogens is 4. The Morgan fingerprint density at radius 1 is 1.13 bits per heavy atom. The van der Waals surface area contributed by atoms with Crippen LogP contribution < -0.4 is 4.74 Å². The Morgan fingerprint density at radius 3 is 2.27 bits per heavy atom. The van der Waals surface area contributed by atoms with Crippen LogP contribution in [0.2, 0.25) is 0 Å². The van der Waals surface area contributed by atoms with Crippen molar-refractivity contribution in [2.45, 2.75) is 13.0 Å². The minimum atomic E-state index is -3.24. The normalized spacial score (nSPS) is 10.8. The molecule has 0 radical (unpaired) electrons. The molecule has 0 aromatic heterocycles. The van der Waals surface area contributed by atoms with Crippen molar-refractivity contribution in [2.75, 3.05) is 0 Å². The van der Waals surface area contributed by atoms with Crippen molar-refractivity contribution in [1.29, 1.82) is 0 Å². The maximum Gasteiger partial charge on any atom is 0.387 e. The van der Waals surface area contributed by atoms with Crippen LogP contribution in [0.3, 0.4) is 0 Å². The molecule has 0 atom stereocenters. The van der Waals surface area contributed by atoms with Crippen LogP contribution in [0, 0.1) is 0 Å². The van der Waals surface area contributed by atoms with E-state index >= 15 is 0 Å². The molecule has 0 amide bonds. The first-order valence-corrected chi connectivity index (χ1v) is 3.88. The van der Waals surface area contributed by atoms with E-state index in [9.17, 15) is 22.4 Å². The number of hydrogen-bond donors (Lipinski definition) is 0. The Morgan fingerprint density at radius 2 is 1.73 bits per heavy atom. The van der Waals surface area contributed by atoms with Crippen LogP contribution in [0.5, 0.6) is 5.75 Å². The molecule has 2 nitrogen and oxygen atoms in total. The van der Waals surface area contributed by atoms with E-state index in [1.54, 1.807) is 0 Å². The summed E-state index contributed by atoms with van der Waals surface area (Å²) in [4.78, 5) is 10.9. The lowest BCUT2D eigenvalue weighted by Crippen LogP contribution is -2.13. The molecule has 6 heteroatoms. The molecule has 0 aliphatic heterocycles. The number of ether oxygens (including phenoxy) is 1.